The van der Waals surface area contributed by atoms with Crippen molar-refractivity contribution < 1.29 is 12.6 Å². The molecule has 0 N–H and O–H groups in total. The third-order valence-corrected chi connectivity index (χ3v) is 5.21. The van der Waals surface area contributed by atoms with E-state index in [-0.39, 0.29) is 4.90 Å². The Balaban J connectivity index is 0.000000218. The molecule has 2 rings (SSSR count). The van der Waals surface area contributed by atoms with Crippen molar-refractivity contribution in [3.63, 3.8) is 0 Å². The number of thiazole rings is 1. The van der Waals surface area contributed by atoms with E-state index in [4.69, 9.17) is 0 Å². The van der Waals surface area contributed by atoms with Crippen molar-refractivity contribution in [2.45, 2.75) is 16.2 Å². The zero-order valence-electron chi connectivity index (χ0n) is 10.9. The van der Waals surface area contributed by atoms with Crippen molar-refractivity contribution in [2.24, 2.45) is 0 Å². The fraction of sp³-hybridized carbons (Fsp3) is 0.250. The first-order valence-electron chi connectivity index (χ1n) is 5.30. The Labute approximate surface area is 122 Å². The van der Waals surface area contributed by atoms with Crippen LogP contribution in [0.25, 0.3) is 0 Å². The highest BCUT2D eigenvalue weighted by Crippen LogP contribution is 2.15. The molecule has 1 aromatic carbocycles. The Hall–Kier alpha value is -0.890. The lowest BCUT2D eigenvalue weighted by atomic mass is 10.2. The average Bonchev–Trinajstić information content (AvgIpc) is 2.93. The number of benzene rings is 1. The smallest absolute Gasteiger partial charge is 0.270 e. The first-order chi connectivity index (χ1) is 8.99. The lowest BCUT2D eigenvalue weighted by molar-refractivity contribution is 0.398. The molecule has 0 spiro atoms. The molecule has 0 atom stereocenters. The third-order valence-electron chi connectivity index (χ3n) is 2.11. The van der Waals surface area contributed by atoms with Gasteiger partial charge in [-0.25, -0.2) is 4.98 Å². The molecule has 1 heterocycles. The molecule has 0 amide bonds. The van der Waals surface area contributed by atoms with Crippen LogP contribution in [0.3, 0.4) is 0 Å². The van der Waals surface area contributed by atoms with Gasteiger partial charge >= 0.3 is 0 Å². The molecule has 0 bridgehead atoms. The molecule has 0 radical (unpaired) electrons. The summed E-state index contributed by atoms with van der Waals surface area (Å²) in [4.78, 5) is 4.21. The molecule has 4 nitrogen and oxygen atoms in total. The fourth-order valence-electron chi connectivity index (χ4n) is 1.11. The average molecular weight is 317 g/mol. The van der Waals surface area contributed by atoms with E-state index in [0.29, 0.717) is 0 Å². The third kappa shape index (κ3) is 5.32. The minimum Gasteiger partial charge on any atom is -0.270 e. The number of aromatic nitrogens is 1. The zero-order valence-corrected chi connectivity index (χ0v) is 13.3. The van der Waals surface area contributed by atoms with Gasteiger partial charge in [-0.3, -0.25) is 4.18 Å². The van der Waals surface area contributed by atoms with E-state index in [1.807, 2.05) is 24.8 Å². The Morgan fingerprint density at radius 1 is 1.26 bits per heavy atom. The molecule has 1 aromatic heterocycles. The summed E-state index contributed by atoms with van der Waals surface area (Å²) >= 11 is 3.36. The van der Waals surface area contributed by atoms with Crippen LogP contribution in [0.2, 0.25) is 0 Å². The molecule has 0 aliphatic carbocycles. The summed E-state index contributed by atoms with van der Waals surface area (Å²) in [5, 5.41) is 1.98. The number of hydrogen-bond acceptors (Lipinski definition) is 6. The number of nitrogens with zero attached hydrogens (tertiary/aromatic N) is 1. The van der Waals surface area contributed by atoms with Crippen LogP contribution >= 0.6 is 23.1 Å². The van der Waals surface area contributed by atoms with Gasteiger partial charge in [0.05, 0.1) is 12.0 Å². The topological polar surface area (TPSA) is 56.3 Å². The second-order valence-corrected chi connectivity index (χ2v) is 7.10. The Morgan fingerprint density at radius 3 is 2.26 bits per heavy atom. The molecular weight excluding hydrogens is 302 g/mol. The van der Waals surface area contributed by atoms with E-state index in [2.05, 4.69) is 9.17 Å². The number of thioether (sulfide) groups is 1. The maximum atomic E-state index is 11.1. The molecular formula is C12H15NO3S3. The second-order valence-electron chi connectivity index (χ2n) is 3.44. The fourth-order valence-corrected chi connectivity index (χ4v) is 2.85. The molecule has 0 saturated heterocycles. The normalized spacial score (nSPS) is 10.7. The van der Waals surface area contributed by atoms with Crippen molar-refractivity contribution in [3.05, 3.63) is 41.4 Å². The molecule has 104 valence electrons. The van der Waals surface area contributed by atoms with E-state index in [1.165, 1.54) is 12.1 Å². The summed E-state index contributed by atoms with van der Waals surface area (Å²) < 4.78 is 27.7. The molecule has 19 heavy (non-hydrogen) atoms. The number of rotatable bonds is 3. The van der Waals surface area contributed by atoms with Crippen LogP contribution in [0.15, 0.2) is 45.1 Å². The summed E-state index contributed by atoms with van der Waals surface area (Å²) in [6.07, 6.45) is 3.84. The van der Waals surface area contributed by atoms with E-state index in [1.54, 1.807) is 35.2 Å². The molecule has 0 saturated carbocycles. The van der Waals surface area contributed by atoms with Crippen molar-refractivity contribution in [1.82, 2.24) is 4.98 Å². The summed E-state index contributed by atoms with van der Waals surface area (Å²) in [7, 11) is -2.37. The molecule has 0 unspecified atom stereocenters. The number of aryl methyl sites for hydroxylation is 1. The quantitative estimate of drug-likeness (QED) is 0.643. The summed E-state index contributed by atoms with van der Waals surface area (Å²) in [5.41, 5.74) is 1.02. The molecule has 0 aliphatic rings. The summed E-state index contributed by atoms with van der Waals surface area (Å²) in [6.45, 7) is 1.89. The van der Waals surface area contributed by atoms with Crippen LogP contribution < -0.4 is 0 Å². The lowest BCUT2D eigenvalue weighted by Gasteiger charge is -2.00. The van der Waals surface area contributed by atoms with Gasteiger partial charge in [-0.05, 0) is 25.3 Å². The molecule has 2 aromatic rings. The van der Waals surface area contributed by atoms with Crippen LogP contribution in [0.5, 0.6) is 0 Å². The SMILES string of the molecule is COS(=O)(=O)c1ccc(C)cc1.CSc1nccs1. The van der Waals surface area contributed by atoms with Gasteiger partial charge in [0.15, 0.2) is 0 Å². The predicted octanol–water partition coefficient (Wildman–Crippen LogP) is 3.20. The second kappa shape index (κ2) is 7.64. The first kappa shape index (κ1) is 16.2. The van der Waals surface area contributed by atoms with E-state index in [0.717, 1.165) is 17.0 Å². The van der Waals surface area contributed by atoms with Crippen molar-refractivity contribution in [3.8, 4) is 0 Å². The van der Waals surface area contributed by atoms with Gasteiger partial charge in [0.25, 0.3) is 10.1 Å². The van der Waals surface area contributed by atoms with Gasteiger partial charge in [0, 0.05) is 11.6 Å². The maximum Gasteiger partial charge on any atom is 0.296 e. The van der Waals surface area contributed by atoms with Gasteiger partial charge < -0.3 is 0 Å². The highest BCUT2D eigenvalue weighted by Gasteiger charge is 2.10. The van der Waals surface area contributed by atoms with Crippen LogP contribution in [-0.2, 0) is 14.3 Å². The van der Waals surface area contributed by atoms with E-state index >= 15 is 0 Å². The van der Waals surface area contributed by atoms with Crippen LogP contribution in [0, 0.1) is 6.92 Å². The summed E-state index contributed by atoms with van der Waals surface area (Å²) in [5.74, 6) is 0. The van der Waals surface area contributed by atoms with Crippen LogP contribution in [-0.4, -0.2) is 26.8 Å². The predicted molar refractivity (Wildman–Crippen MR) is 79.3 cm³/mol. The monoisotopic (exact) mass is 317 g/mol. The molecule has 0 fully saturated rings. The minimum atomic E-state index is -3.51. The van der Waals surface area contributed by atoms with Crippen molar-refractivity contribution in [2.75, 3.05) is 13.4 Å². The van der Waals surface area contributed by atoms with Gasteiger partial charge in [-0.2, -0.15) is 8.42 Å². The minimum absolute atomic E-state index is 0.190. The summed E-state index contributed by atoms with van der Waals surface area (Å²) in [6, 6.07) is 6.50. The standard InChI is InChI=1S/C8H10O3S.C4H5NS2/c1-7-3-5-8(6-4-7)12(9,10)11-2;1-6-4-5-2-3-7-4/h3-6H,1-2H3;2-3H,1H3. The Kier molecular flexibility index (Phi) is 6.50. The zero-order chi connectivity index (χ0) is 14.3. The van der Waals surface area contributed by atoms with Crippen LogP contribution in [0.1, 0.15) is 5.56 Å². The van der Waals surface area contributed by atoms with Crippen LogP contribution in [0.4, 0.5) is 0 Å². The number of hydrogen-bond donors (Lipinski definition) is 0. The van der Waals surface area contributed by atoms with Crippen molar-refractivity contribution in [1.29, 1.82) is 0 Å². The highest BCUT2D eigenvalue weighted by molar-refractivity contribution is 8.00. The molecule has 7 heteroatoms. The van der Waals surface area contributed by atoms with Gasteiger partial charge in [-0.15, -0.1) is 11.3 Å². The van der Waals surface area contributed by atoms with E-state index in [9.17, 15) is 8.42 Å². The van der Waals surface area contributed by atoms with Gasteiger partial charge in [0.1, 0.15) is 4.34 Å². The lowest BCUT2D eigenvalue weighted by Crippen LogP contribution is -2.02. The first-order valence-corrected chi connectivity index (χ1v) is 8.81. The maximum absolute atomic E-state index is 11.1. The van der Waals surface area contributed by atoms with Gasteiger partial charge in [-0.1, -0.05) is 29.5 Å². The van der Waals surface area contributed by atoms with Gasteiger partial charge in [0.2, 0.25) is 0 Å². The highest BCUT2D eigenvalue weighted by atomic mass is 32.2. The molecule has 0 aliphatic heterocycles. The van der Waals surface area contributed by atoms with Crippen molar-refractivity contribution >= 4 is 33.2 Å². The van der Waals surface area contributed by atoms with E-state index < -0.39 is 10.1 Å². The Morgan fingerprint density at radius 2 is 1.89 bits per heavy atom. The largest absolute Gasteiger partial charge is 0.296 e. The Bertz CT molecular complexity index is 577.